The number of thiophene rings is 1. The molecule has 1 atom stereocenters. The fraction of sp³-hybridized carbons (Fsp3) is 0.231. The van der Waals surface area contributed by atoms with Crippen molar-refractivity contribution in [3.8, 4) is 0 Å². The normalized spacial score (nSPS) is 19.9. The molecule has 1 aromatic carbocycles. The summed E-state index contributed by atoms with van der Waals surface area (Å²) in [6.45, 7) is 2.32. The molecule has 0 amide bonds. The van der Waals surface area contributed by atoms with Crippen LogP contribution in [-0.4, -0.2) is 0 Å². The van der Waals surface area contributed by atoms with Gasteiger partial charge in [-0.3, -0.25) is 0 Å². The summed E-state index contributed by atoms with van der Waals surface area (Å²) >= 11 is 1.96. The molecule has 0 nitrogen and oxygen atoms in total. The molecule has 3 rings (SSSR count). The largest absolute Gasteiger partial charge is 0.139 e. The Labute approximate surface area is 87.9 Å². The van der Waals surface area contributed by atoms with Crippen LogP contribution in [0.5, 0.6) is 0 Å². The van der Waals surface area contributed by atoms with E-state index in [1.165, 1.54) is 22.1 Å². The van der Waals surface area contributed by atoms with Crippen molar-refractivity contribution in [2.45, 2.75) is 19.3 Å². The second-order valence-electron chi connectivity index (χ2n) is 3.92. The summed E-state index contributed by atoms with van der Waals surface area (Å²) in [4.78, 5) is 1.56. The minimum absolute atomic E-state index is 0.701. The lowest BCUT2D eigenvalue weighted by Crippen LogP contribution is -1.94. The van der Waals surface area contributed by atoms with Crippen molar-refractivity contribution in [2.75, 3.05) is 0 Å². The highest BCUT2D eigenvalue weighted by atomic mass is 32.1. The van der Waals surface area contributed by atoms with E-state index in [2.05, 4.69) is 43.3 Å². The van der Waals surface area contributed by atoms with Gasteiger partial charge in [0.2, 0.25) is 0 Å². The van der Waals surface area contributed by atoms with Crippen LogP contribution in [0.25, 0.3) is 16.2 Å². The van der Waals surface area contributed by atoms with E-state index in [0.29, 0.717) is 5.92 Å². The second kappa shape index (κ2) is 2.96. The highest BCUT2D eigenvalue weighted by molar-refractivity contribution is 7.19. The molecule has 0 spiro atoms. The van der Waals surface area contributed by atoms with Crippen molar-refractivity contribution in [1.82, 2.24) is 0 Å². The first-order valence-corrected chi connectivity index (χ1v) is 5.86. The lowest BCUT2D eigenvalue weighted by molar-refractivity contribution is 0.791. The van der Waals surface area contributed by atoms with Gasteiger partial charge in [-0.2, -0.15) is 0 Å². The van der Waals surface area contributed by atoms with Gasteiger partial charge in [0, 0.05) is 9.58 Å². The molecule has 1 heteroatoms. The van der Waals surface area contributed by atoms with Gasteiger partial charge in [0.1, 0.15) is 0 Å². The van der Waals surface area contributed by atoms with Crippen LogP contribution >= 0.6 is 11.3 Å². The quantitative estimate of drug-likeness (QED) is 0.590. The third-order valence-electron chi connectivity index (χ3n) is 2.88. The molecule has 14 heavy (non-hydrogen) atoms. The van der Waals surface area contributed by atoms with Crippen molar-refractivity contribution < 1.29 is 0 Å². The van der Waals surface area contributed by atoms with Crippen molar-refractivity contribution in [3.63, 3.8) is 0 Å². The number of fused-ring (bicyclic) bond motifs is 3. The lowest BCUT2D eigenvalue weighted by Gasteiger charge is -2.12. The summed E-state index contributed by atoms with van der Waals surface area (Å²) in [6, 6.07) is 8.70. The first-order chi connectivity index (χ1) is 6.86. The molecule has 1 heterocycles. The van der Waals surface area contributed by atoms with E-state index in [1.54, 1.807) is 4.88 Å². The summed E-state index contributed by atoms with van der Waals surface area (Å²) < 4.78 is 1.43. The number of benzene rings is 1. The molecule has 1 aromatic heterocycles. The molecule has 0 N–H and O–H groups in total. The lowest BCUT2D eigenvalue weighted by atomic mass is 9.95. The van der Waals surface area contributed by atoms with Gasteiger partial charge in [-0.25, -0.2) is 0 Å². The summed E-state index contributed by atoms with van der Waals surface area (Å²) in [5.41, 5.74) is 1.46. The minimum Gasteiger partial charge on any atom is -0.139 e. The van der Waals surface area contributed by atoms with E-state index < -0.39 is 0 Å². The van der Waals surface area contributed by atoms with Crippen LogP contribution in [-0.2, 0) is 0 Å². The fourth-order valence-corrected chi connectivity index (χ4v) is 3.38. The van der Waals surface area contributed by atoms with Gasteiger partial charge in [-0.15, -0.1) is 11.3 Å². The Bertz CT molecular complexity index is 505. The highest BCUT2D eigenvalue weighted by Gasteiger charge is 2.17. The molecule has 0 radical (unpaired) electrons. The predicted molar refractivity (Wildman–Crippen MR) is 63.9 cm³/mol. The van der Waals surface area contributed by atoms with Crippen LogP contribution in [0.3, 0.4) is 0 Å². The average molecular weight is 200 g/mol. The molecule has 0 fully saturated rings. The Kier molecular flexibility index (Phi) is 1.74. The van der Waals surface area contributed by atoms with Crippen LogP contribution in [0.4, 0.5) is 0 Å². The number of hydrogen-bond donors (Lipinski definition) is 0. The van der Waals surface area contributed by atoms with E-state index in [1.807, 2.05) is 11.3 Å². The third kappa shape index (κ3) is 1.05. The van der Waals surface area contributed by atoms with Gasteiger partial charge in [0.05, 0.1) is 0 Å². The average Bonchev–Trinajstić information content (AvgIpc) is 2.59. The van der Waals surface area contributed by atoms with Gasteiger partial charge in [-0.1, -0.05) is 37.3 Å². The van der Waals surface area contributed by atoms with Crippen LogP contribution < -0.4 is 0 Å². The van der Waals surface area contributed by atoms with Crippen molar-refractivity contribution >= 4 is 27.5 Å². The Balaban J connectivity index is 2.39. The maximum atomic E-state index is 2.32. The van der Waals surface area contributed by atoms with E-state index in [0.717, 1.165) is 0 Å². The summed E-state index contributed by atoms with van der Waals surface area (Å²) in [5, 5.41) is 1.43. The van der Waals surface area contributed by atoms with E-state index >= 15 is 0 Å². The number of hydrogen-bond acceptors (Lipinski definition) is 1. The number of allylic oxidation sites excluding steroid dienone is 1. The van der Waals surface area contributed by atoms with Gasteiger partial charge in [-0.05, 0) is 29.4 Å². The molecule has 2 aromatic rings. The smallest absolute Gasteiger partial charge is 0.0352 e. The molecule has 1 aliphatic carbocycles. The molecule has 0 bridgehead atoms. The molecule has 1 unspecified atom stereocenters. The fourth-order valence-electron chi connectivity index (χ4n) is 2.12. The predicted octanol–water partition coefficient (Wildman–Crippen LogP) is 4.42. The molecular weight excluding hydrogens is 188 g/mol. The van der Waals surface area contributed by atoms with Gasteiger partial charge in [0.25, 0.3) is 0 Å². The molecule has 0 saturated heterocycles. The monoisotopic (exact) mass is 200 g/mol. The molecular formula is C13H12S. The van der Waals surface area contributed by atoms with Gasteiger partial charge >= 0.3 is 0 Å². The summed E-state index contributed by atoms with van der Waals surface area (Å²) in [6.07, 6.45) is 5.78. The standard InChI is InChI=1S/C13H12S/c1-9-5-4-7-11-10-6-2-3-8-12(10)14-13(9)11/h2-4,6-9H,5H2,1H3. The first-order valence-electron chi connectivity index (χ1n) is 5.04. The zero-order valence-electron chi connectivity index (χ0n) is 8.16. The molecule has 0 saturated carbocycles. The maximum absolute atomic E-state index is 2.32. The van der Waals surface area contributed by atoms with Crippen molar-refractivity contribution in [2.24, 2.45) is 0 Å². The Morgan fingerprint density at radius 3 is 3.07 bits per heavy atom. The van der Waals surface area contributed by atoms with Gasteiger partial charge in [0.15, 0.2) is 0 Å². The number of rotatable bonds is 0. The van der Waals surface area contributed by atoms with Gasteiger partial charge < -0.3 is 0 Å². The van der Waals surface area contributed by atoms with Crippen molar-refractivity contribution in [1.29, 1.82) is 0 Å². The second-order valence-corrected chi connectivity index (χ2v) is 5.00. The summed E-state index contributed by atoms with van der Waals surface area (Å²) in [7, 11) is 0. The highest BCUT2D eigenvalue weighted by Crippen LogP contribution is 2.40. The molecule has 70 valence electrons. The SMILES string of the molecule is CC1CC=Cc2c1sc1ccccc21. The Hall–Kier alpha value is -1.08. The molecule has 0 aliphatic heterocycles. The van der Waals surface area contributed by atoms with E-state index in [-0.39, 0.29) is 0 Å². The first kappa shape index (κ1) is 8.25. The Morgan fingerprint density at radius 1 is 1.29 bits per heavy atom. The topological polar surface area (TPSA) is 0 Å². The van der Waals surface area contributed by atoms with Crippen molar-refractivity contribution in [3.05, 3.63) is 40.8 Å². The summed E-state index contributed by atoms with van der Waals surface area (Å²) in [5.74, 6) is 0.701. The zero-order chi connectivity index (χ0) is 9.54. The Morgan fingerprint density at radius 2 is 2.14 bits per heavy atom. The van der Waals surface area contributed by atoms with Crippen LogP contribution in [0.15, 0.2) is 30.3 Å². The maximum Gasteiger partial charge on any atom is 0.0352 e. The van der Waals surface area contributed by atoms with E-state index in [9.17, 15) is 0 Å². The minimum atomic E-state index is 0.701. The van der Waals surface area contributed by atoms with Crippen LogP contribution in [0.2, 0.25) is 0 Å². The third-order valence-corrected chi connectivity index (χ3v) is 4.30. The van der Waals surface area contributed by atoms with E-state index in [4.69, 9.17) is 0 Å². The zero-order valence-corrected chi connectivity index (χ0v) is 8.97. The van der Waals surface area contributed by atoms with Crippen LogP contribution in [0, 0.1) is 0 Å². The van der Waals surface area contributed by atoms with Crippen LogP contribution in [0.1, 0.15) is 29.7 Å². The molecule has 1 aliphatic rings.